The first kappa shape index (κ1) is 14.6. The van der Waals surface area contributed by atoms with Crippen molar-refractivity contribution in [3.05, 3.63) is 0 Å². The average molecular weight is 210 g/mol. The van der Waals surface area contributed by atoms with Crippen LogP contribution in [0.3, 0.4) is 0 Å². The van der Waals surface area contributed by atoms with Crippen molar-refractivity contribution in [3.8, 4) is 0 Å². The number of rotatable bonds is 3. The Bertz CT molecular complexity index is 131. The summed E-state index contributed by atoms with van der Waals surface area (Å²) in [6.07, 6.45) is 6.55. The van der Waals surface area contributed by atoms with Gasteiger partial charge in [-0.05, 0) is 31.0 Å². The van der Waals surface area contributed by atoms with Crippen molar-refractivity contribution < 1.29 is 61.6 Å². The molecule has 1 N–H and O–H groups in total. The molecule has 0 heterocycles. The van der Waals surface area contributed by atoms with Gasteiger partial charge in [0.15, 0.2) is 0 Å². The van der Waals surface area contributed by atoms with Gasteiger partial charge in [-0.2, -0.15) is 0 Å². The normalized spacial score (nSPS) is 23.3. The fourth-order valence-electron chi connectivity index (χ4n) is 2.12. The molecule has 0 saturated heterocycles. The zero-order valence-corrected chi connectivity index (χ0v) is 12.0. The summed E-state index contributed by atoms with van der Waals surface area (Å²) >= 11 is 0. The molecule has 1 aliphatic rings. The molecule has 0 spiro atoms. The Kier molecular flexibility index (Phi) is 7.76. The molecule has 0 aliphatic heterocycles. The van der Waals surface area contributed by atoms with Crippen LogP contribution in [0.4, 0.5) is 0 Å². The van der Waals surface area contributed by atoms with E-state index in [0.29, 0.717) is 6.42 Å². The Labute approximate surface area is 124 Å². The van der Waals surface area contributed by atoms with Crippen LogP contribution in [-0.2, 0) is 0 Å². The quantitative estimate of drug-likeness (QED) is 0.451. The first-order valence-corrected chi connectivity index (χ1v) is 5.09. The number of hydrogen-bond acceptors (Lipinski definition) is 2. The predicted molar refractivity (Wildman–Crippen MR) is 46.4 cm³/mol. The molecule has 1 fully saturated rings. The molecule has 1 rings (SSSR count). The second kappa shape index (κ2) is 6.93. The molecule has 0 amide bonds. The number of aliphatic hydroxyl groups is 1. The van der Waals surface area contributed by atoms with Gasteiger partial charge in [0.25, 0.3) is 0 Å². The second-order valence-corrected chi connectivity index (χ2v) is 3.93. The van der Waals surface area contributed by atoms with E-state index in [1.807, 2.05) is 6.92 Å². The van der Waals surface area contributed by atoms with E-state index < -0.39 is 5.79 Å². The van der Waals surface area contributed by atoms with E-state index in [9.17, 15) is 10.2 Å². The van der Waals surface area contributed by atoms with Crippen molar-refractivity contribution in [1.29, 1.82) is 0 Å². The van der Waals surface area contributed by atoms with Crippen LogP contribution in [0.25, 0.3) is 0 Å². The van der Waals surface area contributed by atoms with Gasteiger partial charge in [-0.3, -0.25) is 0 Å². The van der Waals surface area contributed by atoms with Crippen LogP contribution in [0, 0.1) is 5.92 Å². The summed E-state index contributed by atoms with van der Waals surface area (Å²) < 4.78 is 0. The molecule has 2 nitrogen and oxygen atoms in total. The van der Waals surface area contributed by atoms with Crippen molar-refractivity contribution in [3.63, 3.8) is 0 Å². The van der Waals surface area contributed by atoms with Crippen molar-refractivity contribution in [2.45, 2.75) is 57.7 Å². The zero-order chi connectivity index (χ0) is 9.03. The van der Waals surface area contributed by atoms with E-state index in [-0.39, 0.29) is 57.3 Å². The first-order valence-electron chi connectivity index (χ1n) is 5.09. The van der Waals surface area contributed by atoms with Gasteiger partial charge >= 0.3 is 51.4 Å². The maximum Gasteiger partial charge on any atom is 1.00 e. The minimum Gasteiger partial charge on any atom is -0.829 e. The Morgan fingerprint density at radius 3 is 2.31 bits per heavy atom. The number of hydrogen-bond donors (Lipinski definition) is 1. The largest absolute Gasteiger partial charge is 1.00 e. The van der Waals surface area contributed by atoms with Gasteiger partial charge in [0.1, 0.15) is 0 Å². The maximum absolute atomic E-state index is 11.6. The third kappa shape index (κ3) is 4.73. The molecular weight excluding hydrogens is 191 g/mol. The zero-order valence-electron chi connectivity index (χ0n) is 8.88. The van der Waals surface area contributed by atoms with Gasteiger partial charge in [0, 0.05) is 0 Å². The fraction of sp³-hybridized carbons (Fsp3) is 1.00. The molecule has 1 unspecified atom stereocenters. The van der Waals surface area contributed by atoms with Crippen LogP contribution in [0.15, 0.2) is 0 Å². The van der Waals surface area contributed by atoms with Gasteiger partial charge in [-0.15, -0.1) is 0 Å². The van der Waals surface area contributed by atoms with E-state index in [1.165, 1.54) is 6.42 Å². The Balaban J connectivity index is 0.00000144. The van der Waals surface area contributed by atoms with Crippen molar-refractivity contribution in [2.75, 3.05) is 0 Å². The predicted octanol–water partition coefficient (Wildman–Crippen LogP) is -1.58. The summed E-state index contributed by atoms with van der Waals surface area (Å²) in [4.78, 5) is 0. The maximum atomic E-state index is 11.6. The summed E-state index contributed by atoms with van der Waals surface area (Å²) in [7, 11) is 0. The van der Waals surface area contributed by atoms with E-state index in [0.717, 1.165) is 32.1 Å². The van der Waals surface area contributed by atoms with Crippen molar-refractivity contribution in [2.24, 2.45) is 5.92 Å². The van der Waals surface area contributed by atoms with Crippen molar-refractivity contribution >= 4 is 0 Å². The topological polar surface area (TPSA) is 43.3 Å². The summed E-state index contributed by atoms with van der Waals surface area (Å²) in [5.74, 6) is -1.61. The molecule has 13 heavy (non-hydrogen) atoms. The van der Waals surface area contributed by atoms with Crippen LogP contribution < -0.4 is 56.5 Å². The molecule has 1 atom stereocenters. The summed E-state index contributed by atoms with van der Waals surface area (Å²) in [6.45, 7) is 1.95. The molecule has 0 aromatic heterocycles. The fourth-order valence-corrected chi connectivity index (χ4v) is 2.12. The van der Waals surface area contributed by atoms with Crippen molar-refractivity contribution in [1.82, 2.24) is 0 Å². The van der Waals surface area contributed by atoms with Gasteiger partial charge in [0.2, 0.25) is 0 Å². The van der Waals surface area contributed by atoms with Gasteiger partial charge in [-0.1, -0.05) is 32.6 Å². The Morgan fingerprint density at radius 2 is 1.85 bits per heavy atom. The van der Waals surface area contributed by atoms with Gasteiger partial charge in [-0.25, -0.2) is 0 Å². The molecule has 1 aliphatic carbocycles. The summed E-state index contributed by atoms with van der Waals surface area (Å²) in [5.41, 5.74) is 0. The van der Waals surface area contributed by atoms with E-state index >= 15 is 0 Å². The minimum atomic E-state index is -1.63. The first-order chi connectivity index (χ1) is 5.67. The molecule has 0 bridgehead atoms. The summed E-state index contributed by atoms with van der Waals surface area (Å²) in [5, 5.41) is 21.2. The standard InChI is InChI=1S/C10H19O2.K/c1-2-8-10(11,12)9-6-4-3-5-7-9;/h9,11H,2-8H2,1H3;/q-1;+1. The van der Waals surface area contributed by atoms with E-state index in [4.69, 9.17) is 0 Å². The van der Waals surface area contributed by atoms with Gasteiger partial charge < -0.3 is 10.2 Å². The minimum absolute atomic E-state index is 0. The average Bonchev–Trinajstić information content (AvgIpc) is 2.06. The molecule has 1 saturated carbocycles. The van der Waals surface area contributed by atoms with Crippen LogP contribution in [0.1, 0.15) is 51.9 Å². The van der Waals surface area contributed by atoms with E-state index in [1.54, 1.807) is 0 Å². The smallest absolute Gasteiger partial charge is 0.829 e. The van der Waals surface area contributed by atoms with Crippen LogP contribution in [-0.4, -0.2) is 10.9 Å². The monoisotopic (exact) mass is 210 g/mol. The molecule has 0 aromatic carbocycles. The molecule has 0 radical (unpaired) electrons. The molecular formula is C10H19KO2. The summed E-state index contributed by atoms with van der Waals surface area (Å²) in [6, 6.07) is 0. The molecule has 3 heteroatoms. The van der Waals surface area contributed by atoms with E-state index in [2.05, 4.69) is 0 Å². The second-order valence-electron chi connectivity index (χ2n) is 3.93. The Morgan fingerprint density at radius 1 is 1.31 bits per heavy atom. The SMILES string of the molecule is CCCC([O-])(O)C1CCCCC1.[K+]. The molecule has 0 aromatic rings. The third-order valence-electron chi connectivity index (χ3n) is 2.85. The van der Waals surface area contributed by atoms with Crippen LogP contribution in [0.2, 0.25) is 0 Å². The third-order valence-corrected chi connectivity index (χ3v) is 2.85. The van der Waals surface area contributed by atoms with Crippen LogP contribution >= 0.6 is 0 Å². The van der Waals surface area contributed by atoms with Crippen LogP contribution in [0.5, 0.6) is 0 Å². The molecule has 72 valence electrons. The Hall–Kier alpha value is 1.56. The van der Waals surface area contributed by atoms with Gasteiger partial charge in [0.05, 0.1) is 0 Å².